The SMILES string of the molecule is O=C(Nc1nn[nH]n1)c1cccc(F)c1. The molecule has 1 aromatic heterocycles. The molecule has 2 rings (SSSR count). The number of aromatic nitrogens is 4. The van der Waals surface area contributed by atoms with E-state index < -0.39 is 11.7 Å². The highest BCUT2D eigenvalue weighted by molar-refractivity contribution is 6.03. The maximum absolute atomic E-state index is 12.8. The minimum Gasteiger partial charge on any atom is -0.288 e. The first-order chi connectivity index (χ1) is 7.25. The van der Waals surface area contributed by atoms with Crippen LogP contribution < -0.4 is 5.32 Å². The number of nitrogens with zero attached hydrogens (tertiary/aromatic N) is 3. The van der Waals surface area contributed by atoms with Crippen molar-refractivity contribution in [1.29, 1.82) is 0 Å². The van der Waals surface area contributed by atoms with Crippen LogP contribution in [-0.4, -0.2) is 26.5 Å². The van der Waals surface area contributed by atoms with Crippen molar-refractivity contribution in [3.8, 4) is 0 Å². The van der Waals surface area contributed by atoms with Crippen LogP contribution in [0.15, 0.2) is 24.3 Å². The number of aromatic amines is 1. The van der Waals surface area contributed by atoms with E-state index in [1.807, 2.05) is 0 Å². The van der Waals surface area contributed by atoms with E-state index >= 15 is 0 Å². The number of carbonyl (C=O) groups excluding carboxylic acids is 1. The van der Waals surface area contributed by atoms with Gasteiger partial charge in [-0.15, -0.1) is 5.10 Å². The zero-order chi connectivity index (χ0) is 10.7. The van der Waals surface area contributed by atoms with Crippen molar-refractivity contribution in [2.24, 2.45) is 0 Å². The average molecular weight is 207 g/mol. The Bertz CT molecular complexity index is 470. The van der Waals surface area contributed by atoms with Gasteiger partial charge >= 0.3 is 0 Å². The summed E-state index contributed by atoms with van der Waals surface area (Å²) in [6, 6.07) is 5.31. The fraction of sp³-hybridized carbons (Fsp3) is 0. The first-order valence-corrected chi connectivity index (χ1v) is 4.06. The highest BCUT2D eigenvalue weighted by Gasteiger charge is 2.08. The van der Waals surface area contributed by atoms with E-state index in [2.05, 4.69) is 25.9 Å². The summed E-state index contributed by atoms with van der Waals surface area (Å²) in [4.78, 5) is 11.5. The number of anilines is 1. The van der Waals surface area contributed by atoms with Gasteiger partial charge in [0.1, 0.15) is 5.82 Å². The molecule has 0 unspecified atom stereocenters. The Kier molecular flexibility index (Phi) is 2.36. The maximum Gasteiger partial charge on any atom is 0.270 e. The minimum atomic E-state index is -0.490. The van der Waals surface area contributed by atoms with Gasteiger partial charge in [0.2, 0.25) is 0 Å². The molecule has 2 N–H and O–H groups in total. The number of benzene rings is 1. The van der Waals surface area contributed by atoms with E-state index in [1.165, 1.54) is 18.2 Å². The first kappa shape index (κ1) is 9.25. The number of hydrogen-bond acceptors (Lipinski definition) is 4. The molecular formula is C8H6FN5O. The van der Waals surface area contributed by atoms with Crippen molar-refractivity contribution in [3.05, 3.63) is 35.6 Å². The molecule has 0 aliphatic heterocycles. The summed E-state index contributed by atoms with van der Waals surface area (Å²) in [5.74, 6) is -0.920. The summed E-state index contributed by atoms with van der Waals surface area (Å²) >= 11 is 0. The molecule has 0 spiro atoms. The van der Waals surface area contributed by atoms with Crippen LogP contribution in [0.2, 0.25) is 0 Å². The van der Waals surface area contributed by atoms with Crippen LogP contribution in [0, 0.1) is 5.82 Å². The molecule has 76 valence electrons. The third-order valence-electron chi connectivity index (χ3n) is 1.66. The number of nitrogens with one attached hydrogen (secondary N) is 2. The quantitative estimate of drug-likeness (QED) is 0.754. The van der Waals surface area contributed by atoms with E-state index in [9.17, 15) is 9.18 Å². The van der Waals surface area contributed by atoms with Gasteiger partial charge in [0.25, 0.3) is 11.9 Å². The standard InChI is InChI=1S/C8H6FN5O/c9-6-3-1-2-5(4-6)7(15)10-8-11-13-14-12-8/h1-4H,(H2,10,11,12,13,14,15). The topological polar surface area (TPSA) is 83.6 Å². The van der Waals surface area contributed by atoms with Gasteiger partial charge in [0.05, 0.1) is 0 Å². The van der Waals surface area contributed by atoms with E-state index in [4.69, 9.17) is 0 Å². The van der Waals surface area contributed by atoms with Gasteiger partial charge in [0, 0.05) is 5.56 Å². The van der Waals surface area contributed by atoms with Crippen LogP contribution in [0.3, 0.4) is 0 Å². The number of hydrogen-bond donors (Lipinski definition) is 2. The molecule has 0 saturated heterocycles. The Hall–Kier alpha value is -2.31. The summed E-state index contributed by atoms with van der Waals surface area (Å²) in [5.41, 5.74) is 0.194. The second-order valence-corrected chi connectivity index (χ2v) is 2.70. The van der Waals surface area contributed by atoms with Gasteiger partial charge in [-0.3, -0.25) is 10.1 Å². The molecule has 1 amide bonds. The molecule has 0 fully saturated rings. The van der Waals surface area contributed by atoms with Gasteiger partial charge in [-0.05, 0) is 23.4 Å². The maximum atomic E-state index is 12.8. The number of carbonyl (C=O) groups is 1. The smallest absolute Gasteiger partial charge is 0.270 e. The fourth-order valence-electron chi connectivity index (χ4n) is 1.02. The lowest BCUT2D eigenvalue weighted by molar-refractivity contribution is 0.102. The fourth-order valence-corrected chi connectivity index (χ4v) is 1.02. The lowest BCUT2D eigenvalue weighted by Gasteiger charge is -1.99. The van der Waals surface area contributed by atoms with E-state index in [0.29, 0.717) is 0 Å². The van der Waals surface area contributed by atoms with E-state index in [0.717, 1.165) is 6.07 Å². The van der Waals surface area contributed by atoms with E-state index in [1.54, 1.807) is 0 Å². The molecule has 15 heavy (non-hydrogen) atoms. The number of tetrazole rings is 1. The molecule has 1 aromatic carbocycles. The molecule has 2 aromatic rings. The zero-order valence-corrected chi connectivity index (χ0v) is 7.44. The van der Waals surface area contributed by atoms with Gasteiger partial charge in [-0.2, -0.15) is 5.21 Å². The molecule has 0 aliphatic rings. The first-order valence-electron chi connectivity index (χ1n) is 4.06. The second-order valence-electron chi connectivity index (χ2n) is 2.70. The van der Waals surface area contributed by atoms with Crippen LogP contribution >= 0.6 is 0 Å². The second kappa shape index (κ2) is 3.82. The molecule has 0 radical (unpaired) electrons. The summed E-state index contributed by atoms with van der Waals surface area (Å²) in [5, 5.41) is 14.8. The Labute approximate surface area is 83.5 Å². The molecule has 0 saturated carbocycles. The van der Waals surface area contributed by atoms with Crippen molar-refractivity contribution in [2.45, 2.75) is 0 Å². The van der Waals surface area contributed by atoms with Crippen LogP contribution in [0.25, 0.3) is 0 Å². The predicted octanol–water partition coefficient (Wildman–Crippen LogP) is 0.591. The highest BCUT2D eigenvalue weighted by Crippen LogP contribution is 2.05. The molecule has 0 atom stereocenters. The van der Waals surface area contributed by atoms with Crippen molar-refractivity contribution >= 4 is 11.9 Å². The Morgan fingerprint density at radius 3 is 3.00 bits per heavy atom. The Balaban J connectivity index is 2.15. The lowest BCUT2D eigenvalue weighted by Crippen LogP contribution is -2.13. The molecular weight excluding hydrogens is 201 g/mol. The lowest BCUT2D eigenvalue weighted by atomic mass is 10.2. The predicted molar refractivity (Wildman–Crippen MR) is 48.5 cm³/mol. The van der Waals surface area contributed by atoms with Crippen LogP contribution in [-0.2, 0) is 0 Å². The van der Waals surface area contributed by atoms with Gasteiger partial charge < -0.3 is 0 Å². The third kappa shape index (κ3) is 2.13. The molecule has 0 aliphatic carbocycles. The highest BCUT2D eigenvalue weighted by atomic mass is 19.1. The van der Waals surface area contributed by atoms with Gasteiger partial charge in [0.15, 0.2) is 0 Å². The average Bonchev–Trinajstić information content (AvgIpc) is 2.70. The largest absolute Gasteiger partial charge is 0.288 e. The molecule has 0 bridgehead atoms. The summed E-state index contributed by atoms with van der Waals surface area (Å²) < 4.78 is 12.8. The van der Waals surface area contributed by atoms with Crippen LogP contribution in [0.4, 0.5) is 10.3 Å². The molecule has 7 heteroatoms. The molecule has 1 heterocycles. The van der Waals surface area contributed by atoms with Crippen molar-refractivity contribution in [1.82, 2.24) is 20.6 Å². The monoisotopic (exact) mass is 207 g/mol. The number of amides is 1. The third-order valence-corrected chi connectivity index (χ3v) is 1.66. The van der Waals surface area contributed by atoms with Crippen LogP contribution in [0.1, 0.15) is 10.4 Å². The normalized spacial score (nSPS) is 9.93. The minimum absolute atomic E-state index is 0.0456. The number of halogens is 1. The van der Waals surface area contributed by atoms with Gasteiger partial charge in [-0.1, -0.05) is 11.2 Å². The van der Waals surface area contributed by atoms with E-state index in [-0.39, 0.29) is 11.5 Å². The Morgan fingerprint density at radius 1 is 1.47 bits per heavy atom. The number of H-pyrrole nitrogens is 1. The van der Waals surface area contributed by atoms with Crippen molar-refractivity contribution < 1.29 is 9.18 Å². The molecule has 6 nitrogen and oxygen atoms in total. The van der Waals surface area contributed by atoms with Crippen molar-refractivity contribution in [3.63, 3.8) is 0 Å². The van der Waals surface area contributed by atoms with Gasteiger partial charge in [-0.25, -0.2) is 4.39 Å². The summed E-state index contributed by atoms with van der Waals surface area (Å²) in [6.07, 6.45) is 0. The Morgan fingerprint density at radius 2 is 2.33 bits per heavy atom. The summed E-state index contributed by atoms with van der Waals surface area (Å²) in [6.45, 7) is 0. The summed E-state index contributed by atoms with van der Waals surface area (Å²) in [7, 11) is 0. The zero-order valence-electron chi connectivity index (χ0n) is 7.44. The van der Waals surface area contributed by atoms with Crippen molar-refractivity contribution in [2.75, 3.05) is 5.32 Å². The van der Waals surface area contributed by atoms with Crippen LogP contribution in [0.5, 0.6) is 0 Å². The number of rotatable bonds is 2.